The smallest absolute Gasteiger partial charge is 0.277 e. The summed E-state index contributed by atoms with van der Waals surface area (Å²) in [6.45, 7) is 9.58. The van der Waals surface area contributed by atoms with Gasteiger partial charge in [-0.15, -0.1) is 21.5 Å². The maximum atomic E-state index is 12.9. The van der Waals surface area contributed by atoms with Crippen molar-refractivity contribution in [1.82, 2.24) is 15.1 Å². The van der Waals surface area contributed by atoms with Crippen molar-refractivity contribution < 1.29 is 9.21 Å². The van der Waals surface area contributed by atoms with Gasteiger partial charge in [0.15, 0.2) is 0 Å². The molecule has 0 saturated heterocycles. The number of hydrogen-bond donors (Lipinski definition) is 0. The van der Waals surface area contributed by atoms with Crippen LogP contribution >= 0.6 is 23.1 Å². The monoisotopic (exact) mass is 442 g/mol. The van der Waals surface area contributed by atoms with E-state index < -0.39 is 0 Å². The van der Waals surface area contributed by atoms with Crippen LogP contribution in [0.25, 0.3) is 11.5 Å². The Labute approximate surface area is 185 Å². The molecule has 8 heteroatoms. The Kier molecular flexibility index (Phi) is 6.43. The predicted octanol–water partition coefficient (Wildman–Crippen LogP) is 4.71. The van der Waals surface area contributed by atoms with Crippen LogP contribution in [0.15, 0.2) is 45.4 Å². The molecule has 3 aromatic rings. The van der Waals surface area contributed by atoms with Crippen molar-refractivity contribution in [3.05, 3.63) is 46.2 Å². The number of rotatable bonds is 7. The van der Waals surface area contributed by atoms with Gasteiger partial charge in [-0.1, -0.05) is 11.8 Å². The van der Waals surface area contributed by atoms with E-state index >= 15 is 0 Å². The molecule has 4 rings (SSSR count). The number of fused-ring (bicyclic) bond motifs is 1. The van der Waals surface area contributed by atoms with E-state index in [1.165, 1.54) is 27.9 Å². The molecule has 0 fully saturated rings. The maximum absolute atomic E-state index is 12.9. The van der Waals surface area contributed by atoms with Crippen LogP contribution < -0.4 is 4.90 Å². The van der Waals surface area contributed by atoms with Crippen molar-refractivity contribution >= 4 is 34.7 Å². The molecular formula is C22H26N4O2S2. The molecule has 2 aromatic heterocycles. The summed E-state index contributed by atoms with van der Waals surface area (Å²) in [5.74, 6) is 0.587. The van der Waals surface area contributed by atoms with Crippen LogP contribution in [0.4, 0.5) is 5.69 Å². The zero-order valence-electron chi connectivity index (χ0n) is 17.5. The van der Waals surface area contributed by atoms with Gasteiger partial charge in [-0.25, -0.2) is 0 Å². The Morgan fingerprint density at radius 3 is 2.73 bits per heavy atom. The van der Waals surface area contributed by atoms with Crippen LogP contribution in [0.5, 0.6) is 0 Å². The van der Waals surface area contributed by atoms with E-state index in [4.69, 9.17) is 4.42 Å². The van der Waals surface area contributed by atoms with Crippen molar-refractivity contribution in [2.24, 2.45) is 0 Å². The molecule has 1 aliphatic heterocycles. The molecule has 0 aliphatic carbocycles. The fraction of sp³-hybridized carbons (Fsp3) is 0.409. The van der Waals surface area contributed by atoms with Gasteiger partial charge >= 0.3 is 0 Å². The minimum absolute atomic E-state index is 0.111. The first kappa shape index (κ1) is 20.9. The molecule has 1 unspecified atom stereocenters. The molecule has 0 spiro atoms. The third-order valence-electron chi connectivity index (χ3n) is 5.39. The summed E-state index contributed by atoms with van der Waals surface area (Å²) in [6.07, 6.45) is 0.935. The minimum atomic E-state index is -0.275. The van der Waals surface area contributed by atoms with Gasteiger partial charge < -0.3 is 14.2 Å². The highest BCUT2D eigenvalue weighted by Gasteiger charge is 2.27. The number of aromatic nitrogens is 2. The molecule has 1 aromatic carbocycles. The number of thioether (sulfide) groups is 1. The van der Waals surface area contributed by atoms with E-state index in [2.05, 4.69) is 52.5 Å². The molecule has 0 saturated carbocycles. The van der Waals surface area contributed by atoms with E-state index in [-0.39, 0.29) is 11.2 Å². The first-order chi connectivity index (χ1) is 14.6. The molecule has 0 N–H and O–H groups in total. The number of carbonyl (C=O) groups is 1. The molecule has 6 nitrogen and oxygen atoms in total. The second kappa shape index (κ2) is 9.22. The molecule has 1 amide bonds. The number of hydrogen-bond acceptors (Lipinski definition) is 7. The third-order valence-corrected chi connectivity index (χ3v) is 7.34. The number of anilines is 1. The molecule has 3 heterocycles. The molecule has 0 radical (unpaired) electrons. The van der Waals surface area contributed by atoms with Gasteiger partial charge in [-0.2, -0.15) is 0 Å². The summed E-state index contributed by atoms with van der Waals surface area (Å²) in [5, 5.41) is 10.6. The van der Waals surface area contributed by atoms with E-state index in [9.17, 15) is 4.79 Å². The van der Waals surface area contributed by atoms with Gasteiger partial charge in [-0.05, 0) is 68.5 Å². The third kappa shape index (κ3) is 4.39. The quantitative estimate of drug-likeness (QED) is 0.494. The van der Waals surface area contributed by atoms with Gasteiger partial charge in [0.2, 0.25) is 11.8 Å². The van der Waals surface area contributed by atoms with E-state index in [0.29, 0.717) is 17.7 Å². The van der Waals surface area contributed by atoms with Gasteiger partial charge in [0.05, 0.1) is 5.25 Å². The zero-order chi connectivity index (χ0) is 21.1. The predicted molar refractivity (Wildman–Crippen MR) is 122 cm³/mol. The number of carbonyl (C=O) groups excluding carboxylic acids is 1. The van der Waals surface area contributed by atoms with Crippen LogP contribution in [0, 0.1) is 0 Å². The summed E-state index contributed by atoms with van der Waals surface area (Å²) in [6, 6.07) is 10.3. The number of amides is 1. The van der Waals surface area contributed by atoms with Crippen molar-refractivity contribution in [3.63, 3.8) is 0 Å². The Morgan fingerprint density at radius 1 is 1.23 bits per heavy atom. The summed E-state index contributed by atoms with van der Waals surface area (Å²) in [5.41, 5.74) is 3.32. The highest BCUT2D eigenvalue weighted by atomic mass is 32.2. The van der Waals surface area contributed by atoms with Crippen molar-refractivity contribution in [1.29, 1.82) is 0 Å². The van der Waals surface area contributed by atoms with Crippen LogP contribution in [0.2, 0.25) is 0 Å². The number of thiophene rings is 1. The fourth-order valence-electron chi connectivity index (χ4n) is 3.67. The topological polar surface area (TPSA) is 62.5 Å². The van der Waals surface area contributed by atoms with Gasteiger partial charge in [-0.3, -0.25) is 4.79 Å². The SMILES string of the molecule is CCN(CC)c1ccc(-c2nnc(SC(C)C(=O)N3CCc4sccc4C3)o2)cc1. The average molecular weight is 443 g/mol. The molecule has 158 valence electrons. The highest BCUT2D eigenvalue weighted by molar-refractivity contribution is 8.00. The minimum Gasteiger partial charge on any atom is -0.411 e. The van der Waals surface area contributed by atoms with Crippen molar-refractivity contribution in [2.45, 2.75) is 44.2 Å². The summed E-state index contributed by atoms with van der Waals surface area (Å²) in [4.78, 5) is 18.5. The molecular weight excluding hydrogens is 416 g/mol. The lowest BCUT2D eigenvalue weighted by Crippen LogP contribution is -2.39. The largest absolute Gasteiger partial charge is 0.411 e. The summed E-state index contributed by atoms with van der Waals surface area (Å²) in [7, 11) is 0. The first-order valence-electron chi connectivity index (χ1n) is 10.3. The lowest BCUT2D eigenvalue weighted by Gasteiger charge is -2.28. The van der Waals surface area contributed by atoms with E-state index in [1.54, 1.807) is 11.3 Å². The van der Waals surface area contributed by atoms with Crippen LogP contribution in [-0.2, 0) is 17.8 Å². The van der Waals surface area contributed by atoms with Gasteiger partial charge in [0.25, 0.3) is 5.22 Å². The van der Waals surface area contributed by atoms with Crippen LogP contribution in [-0.4, -0.2) is 45.9 Å². The fourth-order valence-corrected chi connectivity index (χ4v) is 5.33. The van der Waals surface area contributed by atoms with E-state index in [0.717, 1.165) is 31.6 Å². The Hall–Kier alpha value is -2.32. The molecule has 1 atom stereocenters. The summed E-state index contributed by atoms with van der Waals surface area (Å²) >= 11 is 3.10. The van der Waals surface area contributed by atoms with Crippen molar-refractivity contribution in [3.8, 4) is 11.5 Å². The van der Waals surface area contributed by atoms with Crippen LogP contribution in [0.3, 0.4) is 0 Å². The number of benzene rings is 1. The number of nitrogens with zero attached hydrogens (tertiary/aromatic N) is 4. The van der Waals surface area contributed by atoms with E-state index in [1.807, 2.05) is 24.0 Å². The molecule has 0 bridgehead atoms. The Balaban J connectivity index is 1.39. The summed E-state index contributed by atoms with van der Waals surface area (Å²) < 4.78 is 5.83. The maximum Gasteiger partial charge on any atom is 0.277 e. The second-order valence-electron chi connectivity index (χ2n) is 7.23. The second-order valence-corrected chi connectivity index (χ2v) is 9.52. The highest BCUT2D eigenvalue weighted by Crippen LogP contribution is 2.30. The first-order valence-corrected chi connectivity index (χ1v) is 12.0. The Morgan fingerprint density at radius 2 is 2.00 bits per heavy atom. The molecule has 30 heavy (non-hydrogen) atoms. The Bertz CT molecular complexity index is 995. The van der Waals surface area contributed by atoms with Crippen molar-refractivity contribution in [2.75, 3.05) is 24.5 Å². The average Bonchev–Trinajstić information content (AvgIpc) is 3.43. The normalized spacial score (nSPS) is 14.4. The van der Waals surface area contributed by atoms with Gasteiger partial charge in [0, 0.05) is 42.3 Å². The van der Waals surface area contributed by atoms with Gasteiger partial charge in [0.1, 0.15) is 0 Å². The zero-order valence-corrected chi connectivity index (χ0v) is 19.1. The lowest BCUT2D eigenvalue weighted by atomic mass is 10.1. The molecule has 1 aliphatic rings. The lowest BCUT2D eigenvalue weighted by molar-refractivity contribution is -0.131. The standard InChI is InChI=1S/C22H26N4O2S2/c1-4-25(5-2)18-8-6-16(7-9-18)20-23-24-22(28-20)30-15(3)21(27)26-12-10-19-17(14-26)11-13-29-19/h6-9,11,13,15H,4-5,10,12,14H2,1-3H3. The van der Waals surface area contributed by atoms with Crippen LogP contribution in [0.1, 0.15) is 31.2 Å².